The number of carbonyl (C=O) groups excluding carboxylic acids is 1. The summed E-state index contributed by atoms with van der Waals surface area (Å²) in [5, 5.41) is 13.8. The van der Waals surface area contributed by atoms with Crippen molar-refractivity contribution in [1.29, 1.82) is 0 Å². The zero-order valence-corrected chi connectivity index (χ0v) is 16.7. The molecular formula is C21H28N2O5. The molecule has 0 bridgehead atoms. The zero-order chi connectivity index (χ0) is 20.7. The smallest absolute Gasteiger partial charge is 0.268 e. The van der Waals surface area contributed by atoms with E-state index in [-0.39, 0.29) is 17.9 Å². The number of methoxy groups -OCH3 is 2. The molecule has 1 amide bonds. The number of nitrogens with zero attached hydrogens (tertiary/aromatic N) is 1. The van der Waals surface area contributed by atoms with Crippen molar-refractivity contribution < 1.29 is 19.4 Å². The summed E-state index contributed by atoms with van der Waals surface area (Å²) in [5.41, 5.74) is -0.431. The van der Waals surface area contributed by atoms with E-state index in [1.165, 1.54) is 18.8 Å². The molecule has 0 atom stereocenters. The molecule has 0 radical (unpaired) electrons. The molecule has 0 aliphatic carbocycles. The molecule has 2 rings (SSSR count). The zero-order valence-electron chi connectivity index (χ0n) is 16.7. The molecule has 0 saturated carbocycles. The highest BCUT2D eigenvalue weighted by Crippen LogP contribution is 2.36. The monoisotopic (exact) mass is 388 g/mol. The minimum absolute atomic E-state index is 0.182. The Kier molecular flexibility index (Phi) is 7.49. The first-order valence-corrected chi connectivity index (χ1v) is 9.40. The van der Waals surface area contributed by atoms with Gasteiger partial charge in [-0.05, 0) is 12.5 Å². The molecule has 152 valence electrons. The molecule has 1 heterocycles. The number of carbonyl (C=O) groups is 1. The van der Waals surface area contributed by atoms with Crippen LogP contribution in [0, 0.1) is 0 Å². The second kappa shape index (κ2) is 9.82. The molecule has 2 aromatic rings. The molecule has 7 heteroatoms. The number of nitrogens with one attached hydrogen (secondary N) is 1. The maximum Gasteiger partial charge on any atom is 0.268 e. The largest absolute Gasteiger partial charge is 0.506 e. The van der Waals surface area contributed by atoms with Crippen molar-refractivity contribution in [2.24, 2.45) is 0 Å². The van der Waals surface area contributed by atoms with Crippen molar-refractivity contribution in [2.75, 3.05) is 20.8 Å². The number of pyridine rings is 1. The highest BCUT2D eigenvalue weighted by molar-refractivity contribution is 6.03. The van der Waals surface area contributed by atoms with Crippen LogP contribution in [0.1, 0.15) is 43.0 Å². The van der Waals surface area contributed by atoms with E-state index in [4.69, 9.17) is 9.47 Å². The van der Waals surface area contributed by atoms with Gasteiger partial charge in [-0.1, -0.05) is 32.3 Å². The molecule has 0 saturated heterocycles. The fourth-order valence-corrected chi connectivity index (χ4v) is 3.12. The molecule has 7 nitrogen and oxygen atoms in total. The van der Waals surface area contributed by atoms with E-state index in [0.717, 1.165) is 25.7 Å². The molecule has 1 aromatic carbocycles. The predicted molar refractivity (Wildman–Crippen MR) is 110 cm³/mol. The number of aromatic nitrogens is 1. The lowest BCUT2D eigenvalue weighted by molar-refractivity contribution is 0.0948. The average molecular weight is 388 g/mol. The average Bonchev–Trinajstić information content (AvgIpc) is 2.70. The van der Waals surface area contributed by atoms with Gasteiger partial charge in [0, 0.05) is 24.5 Å². The van der Waals surface area contributed by atoms with Crippen molar-refractivity contribution in [3.8, 4) is 17.2 Å². The molecule has 0 unspecified atom stereocenters. The number of fused-ring (bicyclic) bond motifs is 1. The third-order valence-electron chi connectivity index (χ3n) is 4.60. The molecule has 0 spiro atoms. The van der Waals surface area contributed by atoms with Crippen LogP contribution in [0.25, 0.3) is 10.9 Å². The number of hydrogen-bond donors (Lipinski definition) is 2. The Morgan fingerprint density at radius 1 is 1.21 bits per heavy atom. The molecular weight excluding hydrogens is 360 g/mol. The van der Waals surface area contributed by atoms with Gasteiger partial charge in [0.25, 0.3) is 11.5 Å². The second-order valence-corrected chi connectivity index (χ2v) is 6.47. The minimum Gasteiger partial charge on any atom is -0.506 e. The molecule has 28 heavy (non-hydrogen) atoms. The third kappa shape index (κ3) is 4.30. The normalized spacial score (nSPS) is 10.7. The van der Waals surface area contributed by atoms with Crippen LogP contribution in [-0.2, 0) is 6.54 Å². The Morgan fingerprint density at radius 3 is 2.50 bits per heavy atom. The number of hydrogen-bond acceptors (Lipinski definition) is 5. The van der Waals surface area contributed by atoms with Crippen molar-refractivity contribution >= 4 is 16.8 Å². The second-order valence-electron chi connectivity index (χ2n) is 6.47. The van der Waals surface area contributed by atoms with Crippen LogP contribution in [-0.4, -0.2) is 36.3 Å². The van der Waals surface area contributed by atoms with Gasteiger partial charge in [0.15, 0.2) is 11.5 Å². The SMILES string of the molecule is C=CCn1c(=O)c(C(=O)NCCCCCC)c(O)c2cc(OC)c(OC)cc21. The lowest BCUT2D eigenvalue weighted by Crippen LogP contribution is -2.33. The maximum atomic E-state index is 12.9. The quantitative estimate of drug-likeness (QED) is 0.482. The van der Waals surface area contributed by atoms with Crippen LogP contribution < -0.4 is 20.3 Å². The molecule has 0 fully saturated rings. The summed E-state index contributed by atoms with van der Waals surface area (Å²) < 4.78 is 12.0. The van der Waals surface area contributed by atoms with Crippen LogP contribution in [0.3, 0.4) is 0 Å². The summed E-state index contributed by atoms with van der Waals surface area (Å²) in [4.78, 5) is 25.6. The van der Waals surface area contributed by atoms with Crippen LogP contribution in [0.2, 0.25) is 0 Å². The van der Waals surface area contributed by atoms with E-state index >= 15 is 0 Å². The minimum atomic E-state index is -0.589. The first-order chi connectivity index (χ1) is 13.5. The van der Waals surface area contributed by atoms with E-state index in [0.29, 0.717) is 28.9 Å². The number of allylic oxidation sites excluding steroid dienone is 1. The van der Waals surface area contributed by atoms with Gasteiger partial charge >= 0.3 is 0 Å². The van der Waals surface area contributed by atoms with Crippen molar-refractivity contribution in [3.63, 3.8) is 0 Å². The van der Waals surface area contributed by atoms with Crippen LogP contribution in [0.4, 0.5) is 0 Å². The molecule has 0 aliphatic rings. The van der Waals surface area contributed by atoms with E-state index in [1.54, 1.807) is 18.2 Å². The first-order valence-electron chi connectivity index (χ1n) is 9.40. The Hall–Kier alpha value is -2.96. The summed E-state index contributed by atoms with van der Waals surface area (Å²) in [6.07, 6.45) is 5.56. The number of benzene rings is 1. The third-order valence-corrected chi connectivity index (χ3v) is 4.60. The number of aromatic hydroxyl groups is 1. The number of rotatable bonds is 10. The van der Waals surface area contributed by atoms with E-state index < -0.39 is 11.5 Å². The molecule has 1 aromatic heterocycles. The Morgan fingerprint density at radius 2 is 1.89 bits per heavy atom. The highest BCUT2D eigenvalue weighted by atomic mass is 16.5. The van der Waals surface area contributed by atoms with Gasteiger partial charge in [-0.3, -0.25) is 9.59 Å². The number of unbranched alkanes of at least 4 members (excludes halogenated alkanes) is 3. The van der Waals surface area contributed by atoms with Crippen LogP contribution >= 0.6 is 0 Å². The summed E-state index contributed by atoms with van der Waals surface area (Å²) in [7, 11) is 2.96. The van der Waals surface area contributed by atoms with Gasteiger partial charge in [0.1, 0.15) is 11.3 Å². The van der Waals surface area contributed by atoms with Crippen molar-refractivity contribution in [3.05, 3.63) is 40.7 Å². The van der Waals surface area contributed by atoms with Gasteiger partial charge in [0.2, 0.25) is 0 Å². The molecule has 2 N–H and O–H groups in total. The topological polar surface area (TPSA) is 89.8 Å². The van der Waals surface area contributed by atoms with Gasteiger partial charge in [0.05, 0.1) is 19.7 Å². The van der Waals surface area contributed by atoms with Crippen molar-refractivity contribution in [2.45, 2.75) is 39.2 Å². The van der Waals surface area contributed by atoms with Gasteiger partial charge in [-0.15, -0.1) is 6.58 Å². The van der Waals surface area contributed by atoms with E-state index in [9.17, 15) is 14.7 Å². The Bertz CT molecular complexity index is 917. The summed E-state index contributed by atoms with van der Waals surface area (Å²) in [6, 6.07) is 3.16. The van der Waals surface area contributed by atoms with E-state index in [2.05, 4.69) is 18.8 Å². The fourth-order valence-electron chi connectivity index (χ4n) is 3.12. The lowest BCUT2D eigenvalue weighted by Gasteiger charge is -2.16. The van der Waals surface area contributed by atoms with Crippen LogP contribution in [0.15, 0.2) is 29.6 Å². The first kappa shape index (κ1) is 21.3. The molecule has 0 aliphatic heterocycles. The number of ether oxygens (including phenoxy) is 2. The predicted octanol–water partition coefficient (Wildman–Crippen LogP) is 3.22. The highest BCUT2D eigenvalue weighted by Gasteiger charge is 2.23. The standard InChI is InChI=1S/C21H28N2O5/c1-5-7-8-9-10-22-20(25)18-19(24)14-12-16(27-3)17(28-4)13-15(14)23(11-6-2)21(18)26/h6,12-13,24H,2,5,7-11H2,1,3-4H3,(H,22,25). The van der Waals surface area contributed by atoms with Crippen LogP contribution in [0.5, 0.6) is 17.2 Å². The van der Waals surface area contributed by atoms with Gasteiger partial charge in [-0.25, -0.2) is 0 Å². The summed E-state index contributed by atoms with van der Waals surface area (Å²) >= 11 is 0. The Labute approximate surface area is 164 Å². The van der Waals surface area contributed by atoms with E-state index in [1.807, 2.05) is 0 Å². The summed E-state index contributed by atoms with van der Waals surface area (Å²) in [5.74, 6) is -0.152. The fraction of sp³-hybridized carbons (Fsp3) is 0.429. The van der Waals surface area contributed by atoms with Gasteiger partial charge in [-0.2, -0.15) is 0 Å². The summed E-state index contributed by atoms with van der Waals surface area (Å²) in [6.45, 7) is 6.41. The van der Waals surface area contributed by atoms with Crippen molar-refractivity contribution in [1.82, 2.24) is 9.88 Å². The number of amides is 1. The Balaban J connectivity index is 2.55. The lowest BCUT2D eigenvalue weighted by atomic mass is 10.1. The maximum absolute atomic E-state index is 12.9. The van der Waals surface area contributed by atoms with Gasteiger partial charge < -0.3 is 24.5 Å².